The minimum Gasteiger partial charge on any atom is -0.375 e. The normalized spacial score (nSPS) is 19.4. The molecule has 1 aliphatic carbocycles. The predicted octanol–water partition coefficient (Wildman–Crippen LogP) is 3.87. The van der Waals surface area contributed by atoms with Crippen molar-refractivity contribution in [1.29, 1.82) is 0 Å². The summed E-state index contributed by atoms with van der Waals surface area (Å²) in [5, 5.41) is -5.53. The third-order valence-electron chi connectivity index (χ3n) is 4.23. The van der Waals surface area contributed by atoms with E-state index in [1.54, 1.807) is 13.8 Å². The zero-order valence-corrected chi connectivity index (χ0v) is 13.4. The van der Waals surface area contributed by atoms with E-state index in [2.05, 4.69) is 0 Å². The lowest BCUT2D eigenvalue weighted by atomic mass is 9.79. The van der Waals surface area contributed by atoms with Crippen molar-refractivity contribution in [3.63, 3.8) is 0 Å². The van der Waals surface area contributed by atoms with Crippen LogP contribution < -0.4 is 0 Å². The quantitative estimate of drug-likeness (QED) is 0.559. The molecule has 1 rings (SSSR count). The van der Waals surface area contributed by atoms with Crippen molar-refractivity contribution in [3.05, 3.63) is 0 Å². The highest BCUT2D eigenvalue weighted by molar-refractivity contribution is 7.87. The molecule has 9 heteroatoms. The molecule has 0 bridgehead atoms. The van der Waals surface area contributed by atoms with Gasteiger partial charge in [0.2, 0.25) is 0 Å². The Kier molecular flexibility index (Phi) is 5.89. The van der Waals surface area contributed by atoms with Gasteiger partial charge >= 0.3 is 21.3 Å². The Morgan fingerprint density at radius 3 is 2.05 bits per heavy atom. The Bertz CT molecular complexity index is 470. The molecule has 0 aliphatic heterocycles. The van der Waals surface area contributed by atoms with E-state index >= 15 is 0 Å². The highest BCUT2D eigenvalue weighted by Crippen LogP contribution is 2.41. The molecule has 0 spiro atoms. The molecule has 22 heavy (non-hydrogen) atoms. The number of ether oxygens (including phenoxy) is 1. The maximum Gasteiger partial charge on any atom is 0.431 e. The summed E-state index contributed by atoms with van der Waals surface area (Å²) in [4.78, 5) is 0. The van der Waals surface area contributed by atoms with Gasteiger partial charge in [-0.15, -0.1) is 0 Å². The zero-order chi connectivity index (χ0) is 17.2. The number of hydrogen-bond donors (Lipinski definition) is 1. The van der Waals surface area contributed by atoms with Crippen LogP contribution in [0.4, 0.5) is 17.6 Å². The van der Waals surface area contributed by atoms with Gasteiger partial charge < -0.3 is 4.74 Å². The van der Waals surface area contributed by atoms with Crippen molar-refractivity contribution in [3.8, 4) is 0 Å². The number of hydrogen-bond acceptors (Lipinski definition) is 3. The van der Waals surface area contributed by atoms with E-state index in [4.69, 9.17) is 9.29 Å². The van der Waals surface area contributed by atoms with Crippen LogP contribution >= 0.6 is 0 Å². The first-order chi connectivity index (χ1) is 9.81. The van der Waals surface area contributed by atoms with Crippen molar-refractivity contribution in [2.45, 2.75) is 69.2 Å². The first-order valence-electron chi connectivity index (χ1n) is 7.18. The summed E-state index contributed by atoms with van der Waals surface area (Å²) in [6, 6.07) is 0. The Hall–Kier alpha value is -0.410. The molecule has 0 heterocycles. The van der Waals surface area contributed by atoms with Gasteiger partial charge in [-0.25, -0.2) is 0 Å². The van der Waals surface area contributed by atoms with Crippen LogP contribution in [-0.4, -0.2) is 36.4 Å². The van der Waals surface area contributed by atoms with Crippen LogP contribution in [-0.2, 0) is 14.9 Å². The zero-order valence-electron chi connectivity index (χ0n) is 12.6. The van der Waals surface area contributed by atoms with Crippen LogP contribution in [0.3, 0.4) is 0 Å². The highest BCUT2D eigenvalue weighted by Gasteiger charge is 2.65. The SMILES string of the molecule is CC(C)(OCCC(F)(F)C(F)(F)S(=O)(=O)O)C1CCCCC1. The summed E-state index contributed by atoms with van der Waals surface area (Å²) in [6.45, 7) is 2.70. The van der Waals surface area contributed by atoms with E-state index in [1.807, 2.05) is 0 Å². The van der Waals surface area contributed by atoms with Crippen molar-refractivity contribution in [2.24, 2.45) is 5.92 Å². The third-order valence-corrected chi connectivity index (χ3v) is 5.17. The number of halogens is 4. The van der Waals surface area contributed by atoms with E-state index in [0.717, 1.165) is 32.1 Å². The summed E-state index contributed by atoms with van der Waals surface area (Å²) in [5.41, 5.74) is -0.746. The molecule has 0 aromatic heterocycles. The van der Waals surface area contributed by atoms with Crippen LogP contribution in [0, 0.1) is 5.92 Å². The van der Waals surface area contributed by atoms with Gasteiger partial charge in [-0.05, 0) is 32.6 Å². The molecule has 0 amide bonds. The second-order valence-corrected chi connectivity index (χ2v) is 7.70. The smallest absolute Gasteiger partial charge is 0.375 e. The van der Waals surface area contributed by atoms with Gasteiger partial charge in [0, 0.05) is 6.42 Å². The molecule has 0 radical (unpaired) electrons. The summed E-state index contributed by atoms with van der Waals surface area (Å²) < 4.78 is 87.1. The van der Waals surface area contributed by atoms with Crippen LogP contribution in [0.15, 0.2) is 0 Å². The maximum atomic E-state index is 13.3. The molecule has 0 saturated heterocycles. The van der Waals surface area contributed by atoms with Crippen molar-refractivity contribution in [1.82, 2.24) is 0 Å². The fourth-order valence-electron chi connectivity index (χ4n) is 2.69. The monoisotopic (exact) mass is 350 g/mol. The minimum atomic E-state index is -6.19. The molecule has 0 aromatic rings. The third kappa shape index (κ3) is 4.32. The van der Waals surface area contributed by atoms with Crippen LogP contribution in [0.5, 0.6) is 0 Å². The Labute approximate surface area is 128 Å². The molecule has 0 unspecified atom stereocenters. The van der Waals surface area contributed by atoms with Crippen molar-refractivity contribution in [2.75, 3.05) is 6.61 Å². The number of alkyl halides is 4. The van der Waals surface area contributed by atoms with Gasteiger partial charge in [0.05, 0.1) is 12.2 Å². The van der Waals surface area contributed by atoms with Crippen molar-refractivity contribution < 1.29 is 35.3 Å². The molecule has 1 aliphatic rings. The summed E-state index contributed by atoms with van der Waals surface area (Å²) in [7, 11) is -6.19. The van der Waals surface area contributed by atoms with Crippen molar-refractivity contribution >= 4 is 10.1 Å². The topological polar surface area (TPSA) is 63.6 Å². The summed E-state index contributed by atoms with van der Waals surface area (Å²) >= 11 is 0. The first kappa shape index (κ1) is 19.6. The van der Waals surface area contributed by atoms with E-state index in [0.29, 0.717) is 0 Å². The molecular formula is C13H22F4O4S. The highest BCUT2D eigenvalue weighted by atomic mass is 32.2. The van der Waals surface area contributed by atoms with Crippen LogP contribution in [0.25, 0.3) is 0 Å². The molecule has 0 atom stereocenters. The fourth-order valence-corrected chi connectivity index (χ4v) is 3.17. The average Bonchev–Trinajstić information content (AvgIpc) is 2.37. The minimum absolute atomic E-state index is 0.150. The van der Waals surface area contributed by atoms with E-state index in [-0.39, 0.29) is 5.92 Å². The molecule has 4 nitrogen and oxygen atoms in total. The predicted molar refractivity (Wildman–Crippen MR) is 72.7 cm³/mol. The molecule has 1 saturated carbocycles. The second kappa shape index (κ2) is 6.60. The maximum absolute atomic E-state index is 13.3. The van der Waals surface area contributed by atoms with Gasteiger partial charge in [0.1, 0.15) is 0 Å². The van der Waals surface area contributed by atoms with E-state index < -0.39 is 39.9 Å². The Balaban J connectivity index is 2.61. The van der Waals surface area contributed by atoms with E-state index in [1.165, 1.54) is 0 Å². The molecule has 0 aromatic carbocycles. The second-order valence-electron chi connectivity index (χ2n) is 6.23. The lowest BCUT2D eigenvalue weighted by molar-refractivity contribution is -0.180. The number of rotatable bonds is 7. The van der Waals surface area contributed by atoms with Gasteiger partial charge in [-0.1, -0.05) is 19.3 Å². The van der Waals surface area contributed by atoms with Gasteiger partial charge in [-0.3, -0.25) is 4.55 Å². The Morgan fingerprint density at radius 1 is 1.09 bits per heavy atom. The Morgan fingerprint density at radius 2 is 1.59 bits per heavy atom. The van der Waals surface area contributed by atoms with Crippen LogP contribution in [0.1, 0.15) is 52.4 Å². The van der Waals surface area contributed by atoms with Crippen LogP contribution in [0.2, 0.25) is 0 Å². The van der Waals surface area contributed by atoms with Gasteiger partial charge in [-0.2, -0.15) is 26.0 Å². The standard InChI is InChI=1S/C13H22F4O4S/c1-11(2,10-6-4-3-5-7-10)21-9-8-12(14,15)13(16,17)22(18,19)20/h10H,3-9H2,1-2H3,(H,18,19,20). The molecule has 1 fully saturated rings. The lowest BCUT2D eigenvalue weighted by Gasteiger charge is -2.37. The fraction of sp³-hybridized carbons (Fsp3) is 1.00. The molecular weight excluding hydrogens is 328 g/mol. The first-order valence-corrected chi connectivity index (χ1v) is 8.62. The molecule has 132 valence electrons. The summed E-state index contributed by atoms with van der Waals surface area (Å²) in [5.74, 6) is -4.75. The van der Waals surface area contributed by atoms with E-state index in [9.17, 15) is 26.0 Å². The largest absolute Gasteiger partial charge is 0.431 e. The molecule has 1 N–H and O–H groups in total. The average molecular weight is 350 g/mol. The lowest BCUT2D eigenvalue weighted by Crippen LogP contribution is -2.48. The van der Waals surface area contributed by atoms with Gasteiger partial charge in [0.25, 0.3) is 0 Å². The summed E-state index contributed by atoms with van der Waals surface area (Å²) in [6.07, 6.45) is 3.39. The van der Waals surface area contributed by atoms with Gasteiger partial charge in [0.15, 0.2) is 0 Å².